The number of nitrogens with one attached hydrogen (secondary N) is 1. The van der Waals surface area contributed by atoms with Crippen LogP contribution in [-0.4, -0.2) is 11.6 Å². The molecule has 0 amide bonds. The van der Waals surface area contributed by atoms with E-state index in [-0.39, 0.29) is 0 Å². The summed E-state index contributed by atoms with van der Waals surface area (Å²) in [5.74, 6) is 0. The highest BCUT2D eigenvalue weighted by molar-refractivity contribution is 5.13. The molecule has 0 spiro atoms. The van der Waals surface area contributed by atoms with Gasteiger partial charge in [0.15, 0.2) is 0 Å². The number of hydrogen-bond acceptors (Lipinski definition) is 1. The fourth-order valence-electron chi connectivity index (χ4n) is 0.948. The van der Waals surface area contributed by atoms with E-state index in [4.69, 9.17) is 0 Å². The first kappa shape index (κ1) is 7.35. The third-order valence-electron chi connectivity index (χ3n) is 1.79. The van der Waals surface area contributed by atoms with Crippen LogP contribution in [0.15, 0.2) is 18.5 Å². The summed E-state index contributed by atoms with van der Waals surface area (Å²) < 4.78 is 2.06. The van der Waals surface area contributed by atoms with Crippen LogP contribution >= 0.6 is 0 Å². The van der Waals surface area contributed by atoms with Crippen LogP contribution in [0.3, 0.4) is 0 Å². The summed E-state index contributed by atoms with van der Waals surface area (Å²) >= 11 is 0. The van der Waals surface area contributed by atoms with E-state index in [9.17, 15) is 0 Å². The van der Waals surface area contributed by atoms with Gasteiger partial charge in [-0.25, -0.2) is 0 Å². The summed E-state index contributed by atoms with van der Waals surface area (Å²) in [7, 11) is 4.00. The molecule has 56 valence electrons. The van der Waals surface area contributed by atoms with Crippen LogP contribution in [0.2, 0.25) is 0 Å². The Bertz CT molecular complexity index is 203. The highest BCUT2D eigenvalue weighted by Crippen LogP contribution is 2.10. The van der Waals surface area contributed by atoms with Crippen molar-refractivity contribution in [2.24, 2.45) is 7.05 Å². The minimum atomic E-state index is 0.459. The molecule has 1 rings (SSSR count). The molecular weight excluding hydrogens is 124 g/mol. The Morgan fingerprint density at radius 2 is 2.30 bits per heavy atom. The van der Waals surface area contributed by atoms with Gasteiger partial charge in [0, 0.05) is 25.5 Å². The van der Waals surface area contributed by atoms with E-state index < -0.39 is 0 Å². The molecule has 0 fully saturated rings. The second kappa shape index (κ2) is 2.88. The first-order valence-corrected chi connectivity index (χ1v) is 3.53. The molecule has 1 aromatic heterocycles. The molecule has 0 saturated carbocycles. The van der Waals surface area contributed by atoms with Crippen LogP contribution in [0.4, 0.5) is 0 Å². The molecule has 2 nitrogen and oxygen atoms in total. The minimum Gasteiger partial charge on any atom is -0.357 e. The van der Waals surface area contributed by atoms with Gasteiger partial charge < -0.3 is 9.88 Å². The third kappa shape index (κ3) is 1.39. The fraction of sp³-hybridized carbons (Fsp3) is 0.500. The van der Waals surface area contributed by atoms with Crippen molar-refractivity contribution >= 4 is 0 Å². The van der Waals surface area contributed by atoms with Crippen molar-refractivity contribution in [2.75, 3.05) is 7.05 Å². The maximum Gasteiger partial charge on any atom is 0.0304 e. The molecule has 2 heteroatoms. The first-order chi connectivity index (χ1) is 4.74. The Labute approximate surface area is 61.9 Å². The molecule has 1 atom stereocenters. The molecule has 0 bridgehead atoms. The zero-order chi connectivity index (χ0) is 7.56. The summed E-state index contributed by atoms with van der Waals surface area (Å²) in [6, 6.07) is 2.59. The zero-order valence-electron chi connectivity index (χ0n) is 6.76. The van der Waals surface area contributed by atoms with Crippen LogP contribution in [0.5, 0.6) is 0 Å². The summed E-state index contributed by atoms with van der Waals surface area (Å²) in [5, 5.41) is 3.18. The second-order valence-electron chi connectivity index (χ2n) is 2.62. The zero-order valence-corrected chi connectivity index (χ0v) is 6.76. The van der Waals surface area contributed by atoms with Gasteiger partial charge in [-0.3, -0.25) is 0 Å². The second-order valence-corrected chi connectivity index (χ2v) is 2.62. The van der Waals surface area contributed by atoms with Crippen LogP contribution in [0.1, 0.15) is 18.5 Å². The minimum absolute atomic E-state index is 0.459. The lowest BCUT2D eigenvalue weighted by Gasteiger charge is -2.05. The molecule has 1 aromatic rings. The molecule has 0 aliphatic heterocycles. The molecule has 0 aliphatic carbocycles. The van der Waals surface area contributed by atoms with Crippen LogP contribution in [0, 0.1) is 0 Å². The van der Waals surface area contributed by atoms with Gasteiger partial charge in [0.2, 0.25) is 0 Å². The standard InChI is InChI=1S/C8H14N2/c1-7(9-2)8-4-5-10(3)6-8/h4-7,9H,1-3H3/t7-/m1/s1. The Morgan fingerprint density at radius 1 is 1.60 bits per heavy atom. The van der Waals surface area contributed by atoms with Crippen LogP contribution in [0.25, 0.3) is 0 Å². The van der Waals surface area contributed by atoms with Gasteiger partial charge >= 0.3 is 0 Å². The van der Waals surface area contributed by atoms with E-state index in [0.29, 0.717) is 6.04 Å². The molecule has 1 heterocycles. The van der Waals surface area contributed by atoms with E-state index in [2.05, 4.69) is 35.3 Å². The van der Waals surface area contributed by atoms with E-state index in [1.54, 1.807) is 0 Å². The van der Waals surface area contributed by atoms with Gasteiger partial charge in [-0.15, -0.1) is 0 Å². The third-order valence-corrected chi connectivity index (χ3v) is 1.79. The average molecular weight is 138 g/mol. The van der Waals surface area contributed by atoms with E-state index in [1.807, 2.05) is 14.1 Å². The van der Waals surface area contributed by atoms with Crippen molar-refractivity contribution in [3.63, 3.8) is 0 Å². The smallest absolute Gasteiger partial charge is 0.0304 e. The Morgan fingerprint density at radius 3 is 2.70 bits per heavy atom. The quantitative estimate of drug-likeness (QED) is 0.652. The monoisotopic (exact) mass is 138 g/mol. The lowest BCUT2D eigenvalue weighted by molar-refractivity contribution is 0.651. The van der Waals surface area contributed by atoms with E-state index in [1.165, 1.54) is 5.56 Å². The van der Waals surface area contributed by atoms with Gasteiger partial charge in [-0.1, -0.05) is 0 Å². The molecule has 0 aliphatic rings. The molecule has 0 aromatic carbocycles. The largest absolute Gasteiger partial charge is 0.357 e. The van der Waals surface area contributed by atoms with Crippen molar-refractivity contribution in [1.82, 2.24) is 9.88 Å². The molecule has 10 heavy (non-hydrogen) atoms. The number of nitrogens with zero attached hydrogens (tertiary/aromatic N) is 1. The van der Waals surface area contributed by atoms with E-state index >= 15 is 0 Å². The first-order valence-electron chi connectivity index (χ1n) is 3.53. The summed E-state index contributed by atoms with van der Waals surface area (Å²) in [6.07, 6.45) is 4.18. The predicted octanol–water partition coefficient (Wildman–Crippen LogP) is 1.31. The number of aromatic nitrogens is 1. The maximum atomic E-state index is 3.18. The summed E-state index contributed by atoms with van der Waals surface area (Å²) in [6.45, 7) is 2.15. The molecule has 0 saturated heterocycles. The Kier molecular flexibility index (Phi) is 2.12. The van der Waals surface area contributed by atoms with E-state index in [0.717, 1.165) is 0 Å². The van der Waals surface area contributed by atoms with Crippen molar-refractivity contribution in [2.45, 2.75) is 13.0 Å². The Balaban J connectivity index is 2.74. The molecule has 0 unspecified atom stereocenters. The Hall–Kier alpha value is -0.760. The number of rotatable bonds is 2. The molecule has 0 radical (unpaired) electrons. The average Bonchev–Trinajstić information content (AvgIpc) is 2.34. The van der Waals surface area contributed by atoms with Gasteiger partial charge in [0.05, 0.1) is 0 Å². The van der Waals surface area contributed by atoms with Gasteiger partial charge in [0.25, 0.3) is 0 Å². The molecular formula is C8H14N2. The van der Waals surface area contributed by atoms with Crippen molar-refractivity contribution in [3.05, 3.63) is 24.0 Å². The van der Waals surface area contributed by atoms with Crippen molar-refractivity contribution in [1.29, 1.82) is 0 Å². The fourth-order valence-corrected chi connectivity index (χ4v) is 0.948. The highest BCUT2D eigenvalue weighted by Gasteiger charge is 2.01. The lowest BCUT2D eigenvalue weighted by atomic mass is 10.2. The normalized spacial score (nSPS) is 13.5. The predicted molar refractivity (Wildman–Crippen MR) is 42.9 cm³/mol. The van der Waals surface area contributed by atoms with Crippen LogP contribution < -0.4 is 5.32 Å². The number of hydrogen-bond donors (Lipinski definition) is 1. The van der Waals surface area contributed by atoms with Crippen molar-refractivity contribution < 1.29 is 0 Å². The van der Waals surface area contributed by atoms with Gasteiger partial charge in [-0.05, 0) is 25.6 Å². The van der Waals surface area contributed by atoms with Crippen molar-refractivity contribution in [3.8, 4) is 0 Å². The van der Waals surface area contributed by atoms with Gasteiger partial charge in [-0.2, -0.15) is 0 Å². The summed E-state index contributed by atoms with van der Waals surface area (Å²) in [4.78, 5) is 0. The number of aryl methyl sites for hydroxylation is 1. The topological polar surface area (TPSA) is 17.0 Å². The SMILES string of the molecule is CN[C@H](C)c1ccn(C)c1. The van der Waals surface area contributed by atoms with Crippen LogP contribution in [-0.2, 0) is 7.05 Å². The molecule has 1 N–H and O–H groups in total. The lowest BCUT2D eigenvalue weighted by Crippen LogP contribution is -2.11. The maximum absolute atomic E-state index is 3.18. The highest BCUT2D eigenvalue weighted by atomic mass is 14.9. The van der Waals surface area contributed by atoms with Gasteiger partial charge in [0.1, 0.15) is 0 Å². The summed E-state index contributed by atoms with van der Waals surface area (Å²) in [5.41, 5.74) is 1.34.